The Hall–Kier alpha value is -1.44. The Kier molecular flexibility index (Phi) is 8.54. The third-order valence-electron chi connectivity index (χ3n) is 5.91. The molecule has 0 saturated carbocycles. The number of hydrogen-bond donors (Lipinski definition) is 0. The molecule has 0 aliphatic carbocycles. The van der Waals surface area contributed by atoms with Crippen molar-refractivity contribution in [1.82, 2.24) is 14.8 Å². The Morgan fingerprint density at radius 3 is 2.15 bits per heavy atom. The third-order valence-corrected chi connectivity index (χ3v) is 5.91. The Balaban J connectivity index is 0.000000197. The predicted octanol–water partition coefficient (Wildman–Crippen LogP) is 4.05. The number of aromatic nitrogens is 1. The molecule has 0 amide bonds. The lowest BCUT2D eigenvalue weighted by Crippen LogP contribution is -2.22. The van der Waals surface area contributed by atoms with Crippen molar-refractivity contribution in [2.75, 3.05) is 32.7 Å². The van der Waals surface area contributed by atoms with Gasteiger partial charge in [-0.05, 0) is 61.7 Å². The van der Waals surface area contributed by atoms with E-state index in [1.807, 2.05) is 12.3 Å². The summed E-state index contributed by atoms with van der Waals surface area (Å²) < 4.78 is 0. The van der Waals surface area contributed by atoms with Crippen molar-refractivity contribution in [3.8, 4) is 6.07 Å². The van der Waals surface area contributed by atoms with E-state index in [-0.39, 0.29) is 0 Å². The Morgan fingerprint density at radius 1 is 1.04 bits per heavy atom. The van der Waals surface area contributed by atoms with Gasteiger partial charge in [0.2, 0.25) is 0 Å². The zero-order valence-electron chi connectivity index (χ0n) is 17.1. The maximum atomic E-state index is 8.46. The molecule has 2 atom stereocenters. The van der Waals surface area contributed by atoms with E-state index in [9.17, 15) is 0 Å². The standard InChI is InChI=1S/C13H20N2.C9H16N2/c1-11(2)12-6-8-15(9-12)10-13-5-3-4-7-14-13;1-8(2)9-3-5-11(7-9)6-4-10/h3-5,7,11-12H,6,8-10H2,1-2H3;8-9H,3,5-7H2,1-2H3. The molecule has 0 bridgehead atoms. The molecule has 2 aliphatic heterocycles. The molecule has 1 aromatic rings. The van der Waals surface area contributed by atoms with E-state index in [0.717, 1.165) is 43.3 Å². The van der Waals surface area contributed by atoms with Crippen molar-refractivity contribution < 1.29 is 0 Å². The van der Waals surface area contributed by atoms with Crippen molar-refractivity contribution in [2.45, 2.75) is 47.1 Å². The quantitative estimate of drug-likeness (QED) is 0.747. The Morgan fingerprint density at radius 2 is 1.65 bits per heavy atom. The molecule has 144 valence electrons. The molecule has 0 N–H and O–H groups in total. The minimum absolute atomic E-state index is 0.614. The maximum absolute atomic E-state index is 8.46. The van der Waals surface area contributed by atoms with Crippen LogP contribution in [0.3, 0.4) is 0 Å². The monoisotopic (exact) mass is 356 g/mol. The zero-order valence-corrected chi connectivity index (χ0v) is 17.1. The second-order valence-electron chi connectivity index (χ2n) is 8.53. The number of nitrogens with zero attached hydrogens (tertiary/aromatic N) is 4. The Bertz CT molecular complexity index is 549. The summed E-state index contributed by atoms with van der Waals surface area (Å²) in [6, 6.07) is 8.35. The molecule has 2 fully saturated rings. The fourth-order valence-corrected chi connectivity index (χ4v) is 3.92. The van der Waals surface area contributed by atoms with Crippen LogP contribution < -0.4 is 0 Å². The second-order valence-corrected chi connectivity index (χ2v) is 8.53. The van der Waals surface area contributed by atoms with E-state index in [1.54, 1.807) is 0 Å². The van der Waals surface area contributed by atoms with E-state index in [4.69, 9.17) is 5.26 Å². The van der Waals surface area contributed by atoms with Gasteiger partial charge in [0.1, 0.15) is 0 Å². The van der Waals surface area contributed by atoms with E-state index in [0.29, 0.717) is 6.54 Å². The molecule has 1 aromatic heterocycles. The van der Waals surface area contributed by atoms with E-state index in [1.165, 1.54) is 31.6 Å². The summed E-state index contributed by atoms with van der Waals surface area (Å²) in [5.41, 5.74) is 1.20. The topological polar surface area (TPSA) is 43.2 Å². The van der Waals surface area contributed by atoms with Crippen LogP contribution in [0.5, 0.6) is 0 Å². The highest BCUT2D eigenvalue weighted by atomic mass is 15.2. The summed E-state index contributed by atoms with van der Waals surface area (Å²) in [6.07, 6.45) is 4.51. The van der Waals surface area contributed by atoms with Gasteiger partial charge < -0.3 is 0 Å². The molecular formula is C22H36N4. The predicted molar refractivity (Wildman–Crippen MR) is 107 cm³/mol. The second kappa shape index (κ2) is 10.6. The van der Waals surface area contributed by atoms with Crippen LogP contribution in [0, 0.1) is 35.0 Å². The fourth-order valence-electron chi connectivity index (χ4n) is 3.92. The number of nitriles is 1. The van der Waals surface area contributed by atoms with Crippen LogP contribution >= 0.6 is 0 Å². The van der Waals surface area contributed by atoms with Crippen LogP contribution in [0.25, 0.3) is 0 Å². The lowest BCUT2D eigenvalue weighted by Gasteiger charge is -2.17. The lowest BCUT2D eigenvalue weighted by atomic mass is 9.95. The number of hydrogen-bond acceptors (Lipinski definition) is 4. The number of pyridine rings is 1. The van der Waals surface area contributed by atoms with Gasteiger partial charge in [-0.3, -0.25) is 14.8 Å². The molecule has 2 aliphatic rings. The first-order chi connectivity index (χ1) is 12.5. The normalized spacial score (nSPS) is 23.9. The average Bonchev–Trinajstić information content (AvgIpc) is 3.26. The molecular weight excluding hydrogens is 320 g/mol. The zero-order chi connectivity index (χ0) is 18.9. The first-order valence-electron chi connectivity index (χ1n) is 10.2. The molecule has 3 heterocycles. The van der Waals surface area contributed by atoms with Crippen LogP contribution in [0.4, 0.5) is 0 Å². The van der Waals surface area contributed by atoms with Gasteiger partial charge in [-0.15, -0.1) is 0 Å². The summed E-state index contributed by atoms with van der Waals surface area (Å²) in [4.78, 5) is 9.13. The van der Waals surface area contributed by atoms with Gasteiger partial charge in [-0.2, -0.15) is 5.26 Å². The summed E-state index contributed by atoms with van der Waals surface area (Å²) in [5, 5.41) is 8.46. The minimum Gasteiger partial charge on any atom is -0.297 e. The summed E-state index contributed by atoms with van der Waals surface area (Å²) in [7, 11) is 0. The van der Waals surface area contributed by atoms with Gasteiger partial charge >= 0.3 is 0 Å². The third kappa shape index (κ3) is 6.70. The number of rotatable bonds is 5. The van der Waals surface area contributed by atoms with Crippen molar-refractivity contribution in [3.05, 3.63) is 30.1 Å². The molecule has 2 saturated heterocycles. The highest BCUT2D eigenvalue weighted by molar-refractivity contribution is 5.03. The highest BCUT2D eigenvalue weighted by Crippen LogP contribution is 2.24. The summed E-state index contributed by atoms with van der Waals surface area (Å²) in [6.45, 7) is 15.5. The minimum atomic E-state index is 0.614. The molecule has 0 radical (unpaired) electrons. The molecule has 0 aromatic carbocycles. The molecule has 2 unspecified atom stereocenters. The van der Waals surface area contributed by atoms with Crippen LogP contribution in [0.15, 0.2) is 24.4 Å². The van der Waals surface area contributed by atoms with Gasteiger partial charge in [-0.1, -0.05) is 33.8 Å². The van der Waals surface area contributed by atoms with Gasteiger partial charge in [0, 0.05) is 25.8 Å². The summed E-state index contributed by atoms with van der Waals surface area (Å²) >= 11 is 0. The van der Waals surface area contributed by atoms with Gasteiger partial charge in [0.15, 0.2) is 0 Å². The molecule has 4 nitrogen and oxygen atoms in total. The number of likely N-dealkylation sites (tertiary alicyclic amines) is 2. The van der Waals surface area contributed by atoms with Crippen molar-refractivity contribution in [2.24, 2.45) is 23.7 Å². The fraction of sp³-hybridized carbons (Fsp3) is 0.727. The van der Waals surface area contributed by atoms with Crippen LogP contribution in [0.1, 0.15) is 46.2 Å². The van der Waals surface area contributed by atoms with E-state index in [2.05, 4.69) is 60.7 Å². The van der Waals surface area contributed by atoms with Gasteiger partial charge in [0.05, 0.1) is 18.3 Å². The molecule has 26 heavy (non-hydrogen) atoms. The largest absolute Gasteiger partial charge is 0.297 e. The van der Waals surface area contributed by atoms with Crippen molar-refractivity contribution in [1.29, 1.82) is 5.26 Å². The highest BCUT2D eigenvalue weighted by Gasteiger charge is 2.25. The van der Waals surface area contributed by atoms with Gasteiger partial charge in [0.25, 0.3) is 0 Å². The van der Waals surface area contributed by atoms with Gasteiger partial charge in [-0.25, -0.2) is 0 Å². The smallest absolute Gasteiger partial charge is 0.0866 e. The lowest BCUT2D eigenvalue weighted by molar-refractivity contribution is 0.294. The molecule has 4 heteroatoms. The van der Waals surface area contributed by atoms with E-state index >= 15 is 0 Å². The van der Waals surface area contributed by atoms with Crippen LogP contribution in [-0.2, 0) is 6.54 Å². The molecule has 3 rings (SSSR count). The van der Waals surface area contributed by atoms with Crippen molar-refractivity contribution in [3.63, 3.8) is 0 Å². The maximum Gasteiger partial charge on any atom is 0.0866 e. The SMILES string of the molecule is CC(C)C1CCN(CC#N)C1.CC(C)C1CCN(Cc2ccccn2)C1. The van der Waals surface area contributed by atoms with E-state index < -0.39 is 0 Å². The first kappa shape index (κ1) is 20.9. The van der Waals surface area contributed by atoms with Crippen molar-refractivity contribution >= 4 is 0 Å². The van der Waals surface area contributed by atoms with Crippen LogP contribution in [-0.4, -0.2) is 47.5 Å². The van der Waals surface area contributed by atoms with Crippen LogP contribution in [0.2, 0.25) is 0 Å². The first-order valence-corrected chi connectivity index (χ1v) is 10.2. The Labute approximate surface area is 160 Å². The molecule has 0 spiro atoms. The summed E-state index contributed by atoms with van der Waals surface area (Å²) in [5.74, 6) is 3.30. The average molecular weight is 357 g/mol.